The van der Waals surface area contributed by atoms with Crippen LogP contribution in [-0.4, -0.2) is 33.3 Å². The molecular weight excluding hydrogens is 224 g/mol. The first-order valence-corrected chi connectivity index (χ1v) is 6.74. The highest BCUT2D eigenvalue weighted by Crippen LogP contribution is 2.32. The summed E-state index contributed by atoms with van der Waals surface area (Å²) in [5.41, 5.74) is 1.49. The number of nitrogens with zero attached hydrogens (tertiary/aromatic N) is 1. The Morgan fingerprint density at radius 1 is 1.33 bits per heavy atom. The van der Waals surface area contributed by atoms with E-state index in [1.165, 1.54) is 5.69 Å². The van der Waals surface area contributed by atoms with Gasteiger partial charge in [0.2, 0.25) is 0 Å². The average molecular weight is 248 g/mol. The molecule has 0 aromatic heterocycles. The minimum absolute atomic E-state index is 0.256. The summed E-state index contributed by atoms with van der Waals surface area (Å²) in [6.07, 6.45) is 1.09. The van der Waals surface area contributed by atoms with Crippen molar-refractivity contribution in [2.24, 2.45) is 5.41 Å². The van der Waals surface area contributed by atoms with Gasteiger partial charge in [-0.1, -0.05) is 26.0 Å². The van der Waals surface area contributed by atoms with E-state index in [0.717, 1.165) is 38.4 Å². The van der Waals surface area contributed by atoms with Gasteiger partial charge in [0.25, 0.3) is 0 Å². The van der Waals surface area contributed by atoms with Gasteiger partial charge in [-0.2, -0.15) is 0 Å². The predicted molar refractivity (Wildman–Crippen MR) is 76.5 cm³/mol. The van der Waals surface area contributed by atoms with Crippen LogP contribution in [0.25, 0.3) is 0 Å². The van der Waals surface area contributed by atoms with Crippen molar-refractivity contribution in [1.82, 2.24) is 5.32 Å². The third kappa shape index (κ3) is 3.16. The van der Waals surface area contributed by atoms with E-state index in [9.17, 15) is 0 Å². The Hall–Kier alpha value is -1.22. The van der Waals surface area contributed by atoms with Crippen LogP contribution in [0, 0.1) is 5.41 Å². The maximum atomic E-state index is 5.80. The molecule has 1 aliphatic rings. The largest absolute Gasteiger partial charge is 0.491 e. The minimum atomic E-state index is 0.256. The molecule has 0 fully saturated rings. The number of nitrogens with one attached hydrogen (secondary N) is 1. The van der Waals surface area contributed by atoms with Crippen LogP contribution in [0.4, 0.5) is 5.69 Å². The number of fused-ring (bicyclic) bond motifs is 1. The summed E-state index contributed by atoms with van der Waals surface area (Å²) in [5, 5.41) is 3.28. The molecule has 0 unspecified atom stereocenters. The predicted octanol–water partition coefficient (Wildman–Crippen LogP) is 2.52. The molecule has 2 rings (SSSR count). The SMILES string of the molecule is CNCC(C)(C)CN1CCCOc2ccccc21. The Morgan fingerprint density at radius 3 is 2.89 bits per heavy atom. The first kappa shape index (κ1) is 13.2. The van der Waals surface area contributed by atoms with E-state index in [0.29, 0.717) is 0 Å². The minimum Gasteiger partial charge on any atom is -0.491 e. The summed E-state index contributed by atoms with van der Waals surface area (Å²) < 4.78 is 5.80. The van der Waals surface area contributed by atoms with E-state index >= 15 is 0 Å². The molecule has 1 N–H and O–H groups in total. The lowest BCUT2D eigenvalue weighted by Crippen LogP contribution is -2.40. The summed E-state index contributed by atoms with van der Waals surface area (Å²) in [4.78, 5) is 2.46. The molecule has 1 aromatic rings. The number of ether oxygens (including phenoxy) is 1. The van der Waals surface area contributed by atoms with Crippen molar-refractivity contribution >= 4 is 5.69 Å². The Balaban J connectivity index is 2.17. The highest BCUT2D eigenvalue weighted by Gasteiger charge is 2.24. The topological polar surface area (TPSA) is 24.5 Å². The molecular formula is C15H24N2O. The van der Waals surface area contributed by atoms with Crippen molar-refractivity contribution in [2.45, 2.75) is 20.3 Å². The molecule has 3 heteroatoms. The zero-order valence-corrected chi connectivity index (χ0v) is 11.7. The highest BCUT2D eigenvalue weighted by atomic mass is 16.5. The van der Waals surface area contributed by atoms with Gasteiger partial charge in [-0.25, -0.2) is 0 Å². The van der Waals surface area contributed by atoms with Crippen LogP contribution in [0.1, 0.15) is 20.3 Å². The van der Waals surface area contributed by atoms with Crippen molar-refractivity contribution in [3.05, 3.63) is 24.3 Å². The van der Waals surface area contributed by atoms with Crippen LogP contribution in [0.5, 0.6) is 5.75 Å². The molecule has 0 atom stereocenters. The van der Waals surface area contributed by atoms with Crippen molar-refractivity contribution in [1.29, 1.82) is 0 Å². The molecule has 100 valence electrons. The van der Waals surface area contributed by atoms with Gasteiger partial charge < -0.3 is 15.0 Å². The summed E-state index contributed by atoms with van der Waals surface area (Å²) in [7, 11) is 2.02. The fourth-order valence-corrected chi connectivity index (χ4v) is 2.61. The third-order valence-electron chi connectivity index (χ3n) is 3.31. The molecule has 0 saturated heterocycles. The first-order valence-electron chi connectivity index (χ1n) is 6.74. The zero-order chi connectivity index (χ0) is 13.0. The fourth-order valence-electron chi connectivity index (χ4n) is 2.61. The van der Waals surface area contributed by atoms with E-state index in [4.69, 9.17) is 4.74 Å². The third-order valence-corrected chi connectivity index (χ3v) is 3.31. The van der Waals surface area contributed by atoms with Crippen molar-refractivity contribution in [2.75, 3.05) is 38.2 Å². The standard InChI is InChI=1S/C15H24N2O/c1-15(2,11-16-3)12-17-9-6-10-18-14-8-5-4-7-13(14)17/h4-5,7-8,16H,6,9-12H2,1-3H3. The van der Waals surface area contributed by atoms with Gasteiger partial charge >= 0.3 is 0 Å². The second-order valence-electron chi connectivity index (χ2n) is 5.79. The number of para-hydroxylation sites is 2. The van der Waals surface area contributed by atoms with Crippen molar-refractivity contribution < 1.29 is 4.74 Å². The lowest BCUT2D eigenvalue weighted by molar-refractivity contribution is 0.320. The van der Waals surface area contributed by atoms with Gasteiger partial charge in [0.1, 0.15) is 5.75 Å². The molecule has 0 amide bonds. The van der Waals surface area contributed by atoms with Crippen molar-refractivity contribution in [3.8, 4) is 5.75 Å². The molecule has 1 aromatic carbocycles. The molecule has 1 heterocycles. The molecule has 3 nitrogen and oxygen atoms in total. The molecule has 0 spiro atoms. The van der Waals surface area contributed by atoms with E-state index in [1.807, 2.05) is 13.1 Å². The second kappa shape index (κ2) is 5.61. The van der Waals surface area contributed by atoms with E-state index in [-0.39, 0.29) is 5.41 Å². The number of hydrogen-bond acceptors (Lipinski definition) is 3. The average Bonchev–Trinajstić information content (AvgIpc) is 2.52. The normalized spacial score (nSPS) is 15.8. The molecule has 1 aliphatic heterocycles. The lowest BCUT2D eigenvalue weighted by atomic mass is 9.92. The van der Waals surface area contributed by atoms with Gasteiger partial charge in [-0.15, -0.1) is 0 Å². The number of anilines is 1. The van der Waals surface area contributed by atoms with Crippen molar-refractivity contribution in [3.63, 3.8) is 0 Å². The summed E-state index contributed by atoms with van der Waals surface area (Å²) >= 11 is 0. The number of benzene rings is 1. The molecule has 18 heavy (non-hydrogen) atoms. The Labute approximate surface area is 110 Å². The summed E-state index contributed by atoms with van der Waals surface area (Å²) in [6.45, 7) is 8.57. The molecule has 0 bridgehead atoms. The number of hydrogen-bond donors (Lipinski definition) is 1. The number of rotatable bonds is 4. The molecule has 0 radical (unpaired) electrons. The summed E-state index contributed by atoms with van der Waals surface area (Å²) in [5.74, 6) is 1.02. The second-order valence-corrected chi connectivity index (χ2v) is 5.79. The van der Waals surface area contributed by atoms with Gasteiger partial charge in [0, 0.05) is 19.6 Å². The van der Waals surface area contributed by atoms with E-state index < -0.39 is 0 Å². The summed E-state index contributed by atoms with van der Waals surface area (Å²) in [6, 6.07) is 8.36. The maximum Gasteiger partial charge on any atom is 0.142 e. The van der Waals surface area contributed by atoms with Gasteiger partial charge in [-0.3, -0.25) is 0 Å². The zero-order valence-electron chi connectivity index (χ0n) is 11.7. The Morgan fingerprint density at radius 2 is 2.11 bits per heavy atom. The van der Waals surface area contributed by atoms with Crippen LogP contribution in [0.3, 0.4) is 0 Å². The van der Waals surface area contributed by atoms with Crippen LogP contribution in [0.2, 0.25) is 0 Å². The lowest BCUT2D eigenvalue weighted by Gasteiger charge is -2.33. The molecule has 0 aliphatic carbocycles. The monoisotopic (exact) mass is 248 g/mol. The fraction of sp³-hybridized carbons (Fsp3) is 0.600. The van der Waals surface area contributed by atoms with Gasteiger partial charge in [0.15, 0.2) is 0 Å². The van der Waals surface area contributed by atoms with Crippen LogP contribution < -0.4 is 15.0 Å². The van der Waals surface area contributed by atoms with E-state index in [1.54, 1.807) is 0 Å². The quantitative estimate of drug-likeness (QED) is 0.886. The van der Waals surface area contributed by atoms with Crippen LogP contribution in [0.15, 0.2) is 24.3 Å². The van der Waals surface area contributed by atoms with E-state index in [2.05, 4.69) is 42.3 Å². The van der Waals surface area contributed by atoms with Crippen LogP contribution in [-0.2, 0) is 0 Å². The Bertz CT molecular complexity index is 390. The van der Waals surface area contributed by atoms with Gasteiger partial charge in [0.05, 0.1) is 12.3 Å². The highest BCUT2D eigenvalue weighted by molar-refractivity contribution is 5.59. The first-order chi connectivity index (χ1) is 8.62. The smallest absolute Gasteiger partial charge is 0.142 e. The van der Waals surface area contributed by atoms with Gasteiger partial charge in [-0.05, 0) is 31.0 Å². The van der Waals surface area contributed by atoms with Crippen LogP contribution >= 0.6 is 0 Å². The molecule has 0 saturated carbocycles. The maximum absolute atomic E-state index is 5.80. The Kier molecular flexibility index (Phi) is 4.12.